The second kappa shape index (κ2) is 7.31. The molecule has 0 saturated heterocycles. The van der Waals surface area contributed by atoms with Crippen LogP contribution >= 0.6 is 0 Å². The van der Waals surface area contributed by atoms with E-state index in [1.54, 1.807) is 6.20 Å². The second-order valence-electron chi connectivity index (χ2n) is 6.40. The summed E-state index contributed by atoms with van der Waals surface area (Å²) in [5, 5.41) is 2.81. The molecular formula is C18H25N3O2. The predicted octanol–water partition coefficient (Wildman–Crippen LogP) is 3.55. The molecule has 0 aliphatic carbocycles. The van der Waals surface area contributed by atoms with Gasteiger partial charge in [-0.1, -0.05) is 18.2 Å². The second-order valence-corrected chi connectivity index (χ2v) is 6.40. The Labute approximate surface area is 138 Å². The highest BCUT2D eigenvalue weighted by molar-refractivity contribution is 5.67. The minimum absolute atomic E-state index is 0.0848. The van der Waals surface area contributed by atoms with E-state index in [2.05, 4.69) is 34.4 Å². The van der Waals surface area contributed by atoms with E-state index in [1.165, 1.54) is 0 Å². The van der Waals surface area contributed by atoms with Crippen LogP contribution in [-0.4, -0.2) is 28.1 Å². The van der Waals surface area contributed by atoms with Gasteiger partial charge in [0.15, 0.2) is 0 Å². The number of hydrogen-bond donors (Lipinski definition) is 1. The zero-order valence-corrected chi connectivity index (χ0v) is 14.2. The van der Waals surface area contributed by atoms with Crippen molar-refractivity contribution in [3.05, 3.63) is 54.0 Å². The van der Waals surface area contributed by atoms with Crippen molar-refractivity contribution in [2.75, 3.05) is 6.54 Å². The maximum absolute atomic E-state index is 11.9. The van der Waals surface area contributed by atoms with Gasteiger partial charge in [-0.05, 0) is 51.6 Å². The summed E-state index contributed by atoms with van der Waals surface area (Å²) in [5.74, 6) is 0. The third-order valence-corrected chi connectivity index (χ3v) is 3.43. The van der Waals surface area contributed by atoms with Crippen LogP contribution in [0.4, 0.5) is 4.79 Å². The summed E-state index contributed by atoms with van der Waals surface area (Å²) in [5.41, 5.74) is 1.44. The number of carbonyl (C=O) groups is 1. The Morgan fingerprint density at radius 1 is 1.39 bits per heavy atom. The summed E-state index contributed by atoms with van der Waals surface area (Å²) < 4.78 is 5.28. The molecule has 1 atom stereocenters. The number of aromatic nitrogens is 1. The number of carbonyl (C=O) groups excluding carboxylic acids is 1. The molecule has 0 fully saturated rings. The molecule has 0 spiro atoms. The SMILES string of the molecule is CCN1C=CC=CC1c1ncccc1CNC(=O)OC(C)(C)C. The van der Waals surface area contributed by atoms with Gasteiger partial charge >= 0.3 is 6.09 Å². The summed E-state index contributed by atoms with van der Waals surface area (Å²) in [6.07, 6.45) is 9.58. The summed E-state index contributed by atoms with van der Waals surface area (Å²) in [4.78, 5) is 18.6. The molecule has 1 N–H and O–H groups in total. The van der Waals surface area contributed by atoms with Gasteiger partial charge < -0.3 is 15.0 Å². The normalized spacial score (nSPS) is 17.2. The maximum Gasteiger partial charge on any atom is 0.407 e. The first-order valence-electron chi connectivity index (χ1n) is 7.92. The number of allylic oxidation sites excluding steroid dienone is 2. The van der Waals surface area contributed by atoms with Crippen LogP contribution in [0, 0.1) is 0 Å². The number of nitrogens with one attached hydrogen (secondary N) is 1. The van der Waals surface area contributed by atoms with Gasteiger partial charge in [0.2, 0.25) is 0 Å². The van der Waals surface area contributed by atoms with E-state index in [1.807, 2.05) is 45.1 Å². The lowest BCUT2D eigenvalue weighted by molar-refractivity contribution is 0.0523. The van der Waals surface area contributed by atoms with Crippen molar-refractivity contribution in [2.45, 2.75) is 45.9 Å². The van der Waals surface area contributed by atoms with E-state index in [-0.39, 0.29) is 6.04 Å². The van der Waals surface area contributed by atoms with Crippen LogP contribution in [0.1, 0.15) is 45.0 Å². The zero-order valence-electron chi connectivity index (χ0n) is 14.2. The smallest absolute Gasteiger partial charge is 0.407 e. The van der Waals surface area contributed by atoms with Gasteiger partial charge in [0, 0.05) is 19.3 Å². The van der Waals surface area contributed by atoms with Crippen molar-refractivity contribution in [3.8, 4) is 0 Å². The van der Waals surface area contributed by atoms with Gasteiger partial charge in [0.25, 0.3) is 0 Å². The lowest BCUT2D eigenvalue weighted by atomic mass is 10.0. The highest BCUT2D eigenvalue weighted by Crippen LogP contribution is 2.26. The van der Waals surface area contributed by atoms with E-state index in [0.29, 0.717) is 6.54 Å². The Balaban J connectivity index is 2.10. The quantitative estimate of drug-likeness (QED) is 0.923. The fourth-order valence-corrected chi connectivity index (χ4v) is 2.43. The van der Waals surface area contributed by atoms with Gasteiger partial charge in [-0.2, -0.15) is 0 Å². The summed E-state index contributed by atoms with van der Waals surface area (Å²) >= 11 is 0. The zero-order chi connectivity index (χ0) is 16.9. The number of hydrogen-bond acceptors (Lipinski definition) is 4. The first-order chi connectivity index (χ1) is 10.9. The highest BCUT2D eigenvalue weighted by atomic mass is 16.6. The molecule has 0 radical (unpaired) electrons. The minimum atomic E-state index is -0.502. The average molecular weight is 315 g/mol. The van der Waals surface area contributed by atoms with Gasteiger partial charge in [0.1, 0.15) is 5.60 Å². The molecular weight excluding hydrogens is 290 g/mol. The molecule has 2 heterocycles. The lowest BCUT2D eigenvalue weighted by Gasteiger charge is -2.30. The maximum atomic E-state index is 11.9. The van der Waals surface area contributed by atoms with Gasteiger partial charge in [-0.15, -0.1) is 0 Å². The van der Waals surface area contributed by atoms with Crippen molar-refractivity contribution in [2.24, 2.45) is 0 Å². The first kappa shape index (κ1) is 17.1. The number of pyridine rings is 1. The van der Waals surface area contributed by atoms with E-state index in [0.717, 1.165) is 17.8 Å². The minimum Gasteiger partial charge on any atom is -0.444 e. The molecule has 5 nitrogen and oxygen atoms in total. The van der Waals surface area contributed by atoms with E-state index in [4.69, 9.17) is 4.74 Å². The molecule has 1 aliphatic rings. The fraction of sp³-hybridized carbons (Fsp3) is 0.444. The molecule has 2 rings (SSSR count). The molecule has 0 saturated carbocycles. The van der Waals surface area contributed by atoms with E-state index in [9.17, 15) is 4.79 Å². The van der Waals surface area contributed by atoms with Crippen LogP contribution in [0.3, 0.4) is 0 Å². The summed E-state index contributed by atoms with van der Waals surface area (Å²) in [6.45, 7) is 8.93. The summed E-state index contributed by atoms with van der Waals surface area (Å²) in [6, 6.07) is 3.95. The number of rotatable bonds is 4. The number of alkyl carbamates (subject to hydrolysis) is 1. The van der Waals surface area contributed by atoms with Gasteiger partial charge in [0.05, 0.1) is 11.7 Å². The molecule has 1 aromatic heterocycles. The number of likely N-dealkylation sites (N-methyl/N-ethyl adjacent to an activating group) is 1. The Hall–Kier alpha value is -2.30. The van der Waals surface area contributed by atoms with Crippen LogP contribution in [-0.2, 0) is 11.3 Å². The number of nitrogens with zero attached hydrogens (tertiary/aromatic N) is 2. The van der Waals surface area contributed by atoms with Crippen LogP contribution in [0.15, 0.2) is 42.8 Å². The van der Waals surface area contributed by atoms with Crippen molar-refractivity contribution >= 4 is 6.09 Å². The molecule has 23 heavy (non-hydrogen) atoms. The molecule has 124 valence electrons. The Bertz CT molecular complexity index is 603. The molecule has 0 bridgehead atoms. The predicted molar refractivity (Wildman–Crippen MR) is 90.7 cm³/mol. The largest absolute Gasteiger partial charge is 0.444 e. The van der Waals surface area contributed by atoms with Crippen molar-refractivity contribution < 1.29 is 9.53 Å². The van der Waals surface area contributed by atoms with Crippen LogP contribution < -0.4 is 5.32 Å². The molecule has 0 aromatic carbocycles. The molecule has 5 heteroatoms. The van der Waals surface area contributed by atoms with Gasteiger partial charge in [-0.3, -0.25) is 4.98 Å². The average Bonchev–Trinajstić information content (AvgIpc) is 2.51. The molecule has 1 unspecified atom stereocenters. The number of amides is 1. The van der Waals surface area contributed by atoms with E-state index < -0.39 is 11.7 Å². The third-order valence-electron chi connectivity index (χ3n) is 3.43. The molecule has 1 aromatic rings. The Morgan fingerprint density at radius 2 is 2.17 bits per heavy atom. The molecule has 1 amide bonds. The summed E-state index contributed by atoms with van der Waals surface area (Å²) in [7, 11) is 0. The monoisotopic (exact) mass is 315 g/mol. The number of ether oxygens (including phenoxy) is 1. The highest BCUT2D eigenvalue weighted by Gasteiger charge is 2.21. The topological polar surface area (TPSA) is 54.5 Å². The Morgan fingerprint density at radius 3 is 2.87 bits per heavy atom. The van der Waals surface area contributed by atoms with Gasteiger partial charge in [-0.25, -0.2) is 4.79 Å². The van der Waals surface area contributed by atoms with Crippen molar-refractivity contribution in [1.82, 2.24) is 15.2 Å². The van der Waals surface area contributed by atoms with Crippen LogP contribution in [0.5, 0.6) is 0 Å². The lowest BCUT2D eigenvalue weighted by Crippen LogP contribution is -2.33. The standard InChI is InChI=1S/C18H25N3O2/c1-5-21-12-7-6-10-15(21)16-14(9-8-11-19-16)13-20-17(22)23-18(2,3)4/h6-12,15H,5,13H2,1-4H3,(H,20,22). The fourth-order valence-electron chi connectivity index (χ4n) is 2.43. The van der Waals surface area contributed by atoms with Crippen molar-refractivity contribution in [1.29, 1.82) is 0 Å². The first-order valence-corrected chi connectivity index (χ1v) is 7.92. The molecule has 1 aliphatic heterocycles. The van der Waals surface area contributed by atoms with Crippen LogP contribution in [0.2, 0.25) is 0 Å². The third kappa shape index (κ3) is 4.84. The van der Waals surface area contributed by atoms with E-state index >= 15 is 0 Å². The van der Waals surface area contributed by atoms with Crippen LogP contribution in [0.25, 0.3) is 0 Å². The Kier molecular flexibility index (Phi) is 5.42. The van der Waals surface area contributed by atoms with Crippen molar-refractivity contribution in [3.63, 3.8) is 0 Å².